The van der Waals surface area contributed by atoms with E-state index in [1.807, 2.05) is 19.1 Å². The summed E-state index contributed by atoms with van der Waals surface area (Å²) in [4.78, 5) is 4.23. The lowest BCUT2D eigenvalue weighted by Gasteiger charge is -2.13. The molecular weight excluding hydrogens is 162 g/mol. The Morgan fingerprint density at radius 3 is 3.08 bits per heavy atom. The van der Waals surface area contributed by atoms with Gasteiger partial charge >= 0.3 is 0 Å². The lowest BCUT2D eigenvalue weighted by molar-refractivity contribution is 0.551. The first kappa shape index (κ1) is 9.72. The van der Waals surface area contributed by atoms with Crippen molar-refractivity contribution in [2.24, 2.45) is 5.84 Å². The summed E-state index contributed by atoms with van der Waals surface area (Å²) in [6.07, 6.45) is 7.51. The molecular formula is C10H13N3. The van der Waals surface area contributed by atoms with Gasteiger partial charge in [0.05, 0.1) is 11.7 Å². The van der Waals surface area contributed by atoms with Crippen molar-refractivity contribution in [3.05, 3.63) is 29.6 Å². The number of terminal acetylenes is 1. The van der Waals surface area contributed by atoms with Crippen LogP contribution in [-0.2, 0) is 0 Å². The van der Waals surface area contributed by atoms with Crippen LogP contribution in [-0.4, -0.2) is 4.98 Å². The maximum absolute atomic E-state index is 5.37. The average molecular weight is 175 g/mol. The fraction of sp³-hybridized carbons (Fsp3) is 0.300. The Morgan fingerprint density at radius 2 is 2.54 bits per heavy atom. The zero-order valence-electron chi connectivity index (χ0n) is 7.62. The van der Waals surface area contributed by atoms with Crippen LogP contribution in [0.5, 0.6) is 0 Å². The van der Waals surface area contributed by atoms with Gasteiger partial charge in [-0.2, -0.15) is 0 Å². The standard InChI is InChI=1S/C10H13N3/c1-3-5-9(13-11)10-8(2)6-4-7-12-10/h1,4,6-7,9,13H,5,11H2,2H3. The molecule has 0 aliphatic carbocycles. The molecule has 1 unspecified atom stereocenters. The van der Waals surface area contributed by atoms with Gasteiger partial charge in [-0.15, -0.1) is 12.3 Å². The molecule has 1 aromatic heterocycles. The fourth-order valence-corrected chi connectivity index (χ4v) is 1.22. The van der Waals surface area contributed by atoms with Gasteiger partial charge in [0, 0.05) is 12.6 Å². The zero-order valence-corrected chi connectivity index (χ0v) is 7.62. The molecule has 0 bridgehead atoms. The number of pyridine rings is 1. The molecule has 0 aliphatic heterocycles. The number of aromatic nitrogens is 1. The lowest BCUT2D eigenvalue weighted by Crippen LogP contribution is -2.28. The number of hydrogen-bond acceptors (Lipinski definition) is 3. The van der Waals surface area contributed by atoms with Crippen LogP contribution in [0, 0.1) is 19.3 Å². The summed E-state index contributed by atoms with van der Waals surface area (Å²) in [7, 11) is 0. The summed E-state index contributed by atoms with van der Waals surface area (Å²) in [5.74, 6) is 7.94. The van der Waals surface area contributed by atoms with E-state index in [9.17, 15) is 0 Å². The molecule has 13 heavy (non-hydrogen) atoms. The predicted octanol–water partition coefficient (Wildman–Crippen LogP) is 0.918. The summed E-state index contributed by atoms with van der Waals surface area (Å²) in [6, 6.07) is 3.83. The molecule has 1 aromatic rings. The Balaban J connectivity index is 2.92. The van der Waals surface area contributed by atoms with E-state index in [0.717, 1.165) is 11.3 Å². The molecule has 1 atom stereocenters. The van der Waals surface area contributed by atoms with E-state index in [1.54, 1.807) is 6.20 Å². The number of rotatable bonds is 3. The minimum atomic E-state index is -0.0498. The molecule has 68 valence electrons. The summed E-state index contributed by atoms with van der Waals surface area (Å²) < 4.78 is 0. The molecule has 3 N–H and O–H groups in total. The SMILES string of the molecule is C#CCC(NN)c1ncccc1C. The minimum absolute atomic E-state index is 0.0498. The topological polar surface area (TPSA) is 50.9 Å². The number of nitrogens with two attached hydrogens (primary N) is 1. The highest BCUT2D eigenvalue weighted by Crippen LogP contribution is 2.15. The van der Waals surface area contributed by atoms with E-state index < -0.39 is 0 Å². The van der Waals surface area contributed by atoms with Crippen LogP contribution in [0.4, 0.5) is 0 Å². The third kappa shape index (κ3) is 2.28. The number of nitrogens with one attached hydrogen (secondary N) is 1. The van der Waals surface area contributed by atoms with Crippen LogP contribution in [0.3, 0.4) is 0 Å². The smallest absolute Gasteiger partial charge is 0.0743 e. The van der Waals surface area contributed by atoms with Crippen molar-refractivity contribution in [3.63, 3.8) is 0 Å². The van der Waals surface area contributed by atoms with Gasteiger partial charge in [-0.3, -0.25) is 16.3 Å². The Kier molecular flexibility index (Phi) is 3.44. The van der Waals surface area contributed by atoms with Crippen molar-refractivity contribution in [1.82, 2.24) is 10.4 Å². The molecule has 0 saturated carbocycles. The second kappa shape index (κ2) is 4.61. The molecule has 1 rings (SSSR count). The molecule has 0 spiro atoms. The van der Waals surface area contributed by atoms with Gasteiger partial charge in [0.1, 0.15) is 0 Å². The van der Waals surface area contributed by atoms with Gasteiger partial charge in [0.2, 0.25) is 0 Å². The molecule has 0 aromatic carbocycles. The third-order valence-corrected chi connectivity index (χ3v) is 1.90. The number of aryl methyl sites for hydroxylation is 1. The van der Waals surface area contributed by atoms with Gasteiger partial charge < -0.3 is 0 Å². The van der Waals surface area contributed by atoms with E-state index in [4.69, 9.17) is 12.3 Å². The predicted molar refractivity (Wildman–Crippen MR) is 52.5 cm³/mol. The first-order valence-corrected chi connectivity index (χ1v) is 4.10. The largest absolute Gasteiger partial charge is 0.271 e. The number of hydrazine groups is 1. The molecule has 0 radical (unpaired) electrons. The highest BCUT2D eigenvalue weighted by Gasteiger charge is 2.11. The van der Waals surface area contributed by atoms with Gasteiger partial charge in [0.15, 0.2) is 0 Å². The van der Waals surface area contributed by atoms with E-state index in [1.165, 1.54) is 0 Å². The van der Waals surface area contributed by atoms with Crippen LogP contribution < -0.4 is 11.3 Å². The van der Waals surface area contributed by atoms with Crippen LogP contribution in [0.2, 0.25) is 0 Å². The monoisotopic (exact) mass is 175 g/mol. The summed E-state index contributed by atoms with van der Waals surface area (Å²) >= 11 is 0. The second-order valence-electron chi connectivity index (χ2n) is 2.83. The van der Waals surface area contributed by atoms with Gasteiger partial charge in [-0.25, -0.2) is 0 Å². The minimum Gasteiger partial charge on any atom is -0.271 e. The molecule has 0 amide bonds. The second-order valence-corrected chi connectivity index (χ2v) is 2.83. The third-order valence-electron chi connectivity index (χ3n) is 1.90. The zero-order chi connectivity index (χ0) is 9.68. The van der Waals surface area contributed by atoms with Crippen LogP contribution >= 0.6 is 0 Å². The van der Waals surface area contributed by atoms with E-state index in [-0.39, 0.29) is 6.04 Å². The van der Waals surface area contributed by atoms with Crippen molar-refractivity contribution < 1.29 is 0 Å². The van der Waals surface area contributed by atoms with Crippen molar-refractivity contribution >= 4 is 0 Å². The van der Waals surface area contributed by atoms with Crippen LogP contribution in [0.25, 0.3) is 0 Å². The van der Waals surface area contributed by atoms with E-state index >= 15 is 0 Å². The number of nitrogens with zero attached hydrogens (tertiary/aromatic N) is 1. The maximum Gasteiger partial charge on any atom is 0.0743 e. The Hall–Kier alpha value is -1.37. The Morgan fingerprint density at radius 1 is 1.77 bits per heavy atom. The van der Waals surface area contributed by atoms with Gasteiger partial charge in [0.25, 0.3) is 0 Å². The first-order valence-electron chi connectivity index (χ1n) is 4.10. The average Bonchev–Trinajstić information content (AvgIpc) is 2.16. The summed E-state index contributed by atoms with van der Waals surface area (Å²) in [6.45, 7) is 1.99. The molecule has 0 aliphatic rings. The normalized spacial score (nSPS) is 12.1. The highest BCUT2D eigenvalue weighted by atomic mass is 15.2. The molecule has 1 heterocycles. The quantitative estimate of drug-likeness (QED) is 0.408. The van der Waals surface area contributed by atoms with Gasteiger partial charge in [-0.05, 0) is 18.6 Å². The maximum atomic E-state index is 5.37. The lowest BCUT2D eigenvalue weighted by atomic mass is 10.1. The van der Waals surface area contributed by atoms with Crippen molar-refractivity contribution in [2.75, 3.05) is 0 Å². The molecule has 0 fully saturated rings. The van der Waals surface area contributed by atoms with Gasteiger partial charge in [-0.1, -0.05) is 6.07 Å². The van der Waals surface area contributed by atoms with Crippen molar-refractivity contribution in [2.45, 2.75) is 19.4 Å². The Bertz CT molecular complexity index is 314. The van der Waals surface area contributed by atoms with Crippen LogP contribution in [0.15, 0.2) is 18.3 Å². The van der Waals surface area contributed by atoms with Crippen molar-refractivity contribution in [3.8, 4) is 12.3 Å². The number of hydrogen-bond donors (Lipinski definition) is 2. The fourth-order valence-electron chi connectivity index (χ4n) is 1.22. The summed E-state index contributed by atoms with van der Waals surface area (Å²) in [5.41, 5.74) is 4.67. The highest BCUT2D eigenvalue weighted by molar-refractivity contribution is 5.22. The summed E-state index contributed by atoms with van der Waals surface area (Å²) in [5, 5.41) is 0. The van der Waals surface area contributed by atoms with E-state index in [2.05, 4.69) is 16.3 Å². The Labute approximate surface area is 78.3 Å². The van der Waals surface area contributed by atoms with Crippen LogP contribution in [0.1, 0.15) is 23.7 Å². The molecule has 3 nitrogen and oxygen atoms in total. The first-order chi connectivity index (χ1) is 6.29. The molecule has 0 saturated heterocycles. The van der Waals surface area contributed by atoms with E-state index in [0.29, 0.717) is 6.42 Å². The molecule has 3 heteroatoms. The van der Waals surface area contributed by atoms with Crippen molar-refractivity contribution in [1.29, 1.82) is 0 Å².